The highest BCUT2D eigenvalue weighted by Gasteiger charge is 2.20. The number of allylic oxidation sites excluding steroid dienone is 3. The third-order valence-corrected chi connectivity index (χ3v) is 5.47. The largest absolute Gasteiger partial charge is 0.508 e. The molecular weight excluding hydrogens is 424 g/mol. The van der Waals surface area contributed by atoms with Gasteiger partial charge in [-0.05, 0) is 55.0 Å². The summed E-state index contributed by atoms with van der Waals surface area (Å²) < 4.78 is 10.8. The number of phenolic OH excluding ortho intramolecular Hbond substituents is 1. The SMILES string of the molecule is CCc1cc(O)cc2c1C(=O)OCC/C=C/CC/C=C/C(=N/OCC(=O)N1CCOCC1)C2. The zero-order valence-electron chi connectivity index (χ0n) is 19.1. The van der Waals surface area contributed by atoms with Crippen LogP contribution in [0.4, 0.5) is 0 Å². The molecule has 1 aromatic rings. The second-order valence-electron chi connectivity index (χ2n) is 7.89. The summed E-state index contributed by atoms with van der Waals surface area (Å²) in [5.74, 6) is -0.485. The summed E-state index contributed by atoms with van der Waals surface area (Å²) in [6.07, 6.45) is 11.0. The molecule has 0 atom stereocenters. The van der Waals surface area contributed by atoms with Crippen molar-refractivity contribution in [1.82, 2.24) is 4.90 Å². The number of aryl methyl sites for hydroxylation is 1. The summed E-state index contributed by atoms with van der Waals surface area (Å²) in [6.45, 7) is 4.17. The van der Waals surface area contributed by atoms with Crippen LogP contribution in [0.3, 0.4) is 0 Å². The molecule has 1 N–H and O–H groups in total. The molecule has 2 aliphatic rings. The first-order valence-electron chi connectivity index (χ1n) is 11.5. The molecule has 3 rings (SSSR count). The molecule has 2 aliphatic heterocycles. The number of aromatic hydroxyl groups is 1. The number of phenols is 1. The summed E-state index contributed by atoms with van der Waals surface area (Å²) in [7, 11) is 0. The Morgan fingerprint density at radius 1 is 1.12 bits per heavy atom. The number of hydrogen-bond acceptors (Lipinski definition) is 7. The molecule has 2 heterocycles. The van der Waals surface area contributed by atoms with Gasteiger partial charge in [0.1, 0.15) is 5.75 Å². The minimum Gasteiger partial charge on any atom is -0.508 e. The Bertz CT molecular complexity index is 916. The van der Waals surface area contributed by atoms with Gasteiger partial charge in [-0.3, -0.25) is 4.79 Å². The molecule has 0 spiro atoms. The van der Waals surface area contributed by atoms with Crippen molar-refractivity contribution in [1.29, 1.82) is 0 Å². The number of rotatable bonds is 4. The van der Waals surface area contributed by atoms with Crippen LogP contribution in [0.1, 0.15) is 47.7 Å². The van der Waals surface area contributed by atoms with Crippen molar-refractivity contribution >= 4 is 17.6 Å². The number of carbonyl (C=O) groups excluding carboxylic acids is 2. The molecule has 1 fully saturated rings. The van der Waals surface area contributed by atoms with E-state index in [4.69, 9.17) is 14.3 Å². The van der Waals surface area contributed by atoms with E-state index in [9.17, 15) is 14.7 Å². The summed E-state index contributed by atoms with van der Waals surface area (Å²) in [6, 6.07) is 3.15. The van der Waals surface area contributed by atoms with Gasteiger partial charge in [-0.2, -0.15) is 0 Å². The molecule has 33 heavy (non-hydrogen) atoms. The first-order valence-corrected chi connectivity index (χ1v) is 11.5. The van der Waals surface area contributed by atoms with Gasteiger partial charge in [0, 0.05) is 19.5 Å². The van der Waals surface area contributed by atoms with Crippen LogP contribution < -0.4 is 0 Å². The normalized spacial score (nSPS) is 20.9. The minimum atomic E-state index is -0.418. The van der Waals surface area contributed by atoms with Crippen LogP contribution in [0.25, 0.3) is 0 Å². The van der Waals surface area contributed by atoms with Gasteiger partial charge in [0.15, 0.2) is 6.61 Å². The Kier molecular flexibility index (Phi) is 9.50. The molecule has 0 unspecified atom stereocenters. The lowest BCUT2D eigenvalue weighted by Crippen LogP contribution is -2.42. The van der Waals surface area contributed by atoms with Crippen molar-refractivity contribution in [3.05, 3.63) is 53.1 Å². The van der Waals surface area contributed by atoms with Crippen molar-refractivity contribution in [2.75, 3.05) is 39.5 Å². The molecule has 1 saturated heterocycles. The van der Waals surface area contributed by atoms with Gasteiger partial charge in [0.2, 0.25) is 0 Å². The number of benzene rings is 1. The number of amides is 1. The van der Waals surface area contributed by atoms with Crippen LogP contribution in [-0.4, -0.2) is 67.1 Å². The number of fused-ring (bicyclic) bond motifs is 1. The van der Waals surface area contributed by atoms with Crippen LogP contribution in [-0.2, 0) is 31.9 Å². The Morgan fingerprint density at radius 2 is 1.88 bits per heavy atom. The smallest absolute Gasteiger partial charge is 0.338 e. The Morgan fingerprint density at radius 3 is 2.67 bits per heavy atom. The third kappa shape index (κ3) is 7.46. The molecular formula is C25H32N2O6. The van der Waals surface area contributed by atoms with Crippen molar-refractivity contribution < 1.29 is 29.0 Å². The van der Waals surface area contributed by atoms with Crippen molar-refractivity contribution in [2.24, 2.45) is 5.16 Å². The average molecular weight is 457 g/mol. The summed E-state index contributed by atoms with van der Waals surface area (Å²) in [4.78, 5) is 32.3. The first-order chi connectivity index (χ1) is 16.1. The van der Waals surface area contributed by atoms with Crippen LogP contribution in [0.2, 0.25) is 0 Å². The molecule has 178 valence electrons. The summed E-state index contributed by atoms with van der Waals surface area (Å²) in [5, 5.41) is 14.4. The molecule has 0 aromatic heterocycles. The fourth-order valence-corrected chi connectivity index (χ4v) is 3.76. The lowest BCUT2D eigenvalue weighted by atomic mass is 9.94. The molecule has 1 aromatic carbocycles. The topological polar surface area (TPSA) is 97.7 Å². The maximum atomic E-state index is 12.9. The summed E-state index contributed by atoms with van der Waals surface area (Å²) in [5.41, 5.74) is 2.31. The van der Waals surface area contributed by atoms with Gasteiger partial charge in [0.25, 0.3) is 5.91 Å². The van der Waals surface area contributed by atoms with Crippen LogP contribution in [0, 0.1) is 0 Å². The molecule has 8 heteroatoms. The second kappa shape index (κ2) is 12.8. The highest BCUT2D eigenvalue weighted by Crippen LogP contribution is 2.25. The number of morpholine rings is 1. The Hall–Kier alpha value is -3.13. The fraction of sp³-hybridized carbons (Fsp3) is 0.480. The van der Waals surface area contributed by atoms with Gasteiger partial charge in [-0.1, -0.05) is 30.3 Å². The number of oxime groups is 1. The number of carbonyl (C=O) groups is 2. The van der Waals surface area contributed by atoms with Crippen molar-refractivity contribution in [2.45, 2.75) is 39.0 Å². The third-order valence-electron chi connectivity index (χ3n) is 5.47. The average Bonchev–Trinajstić information content (AvgIpc) is 2.82. The van der Waals surface area contributed by atoms with E-state index in [1.807, 2.05) is 25.2 Å². The van der Waals surface area contributed by atoms with Crippen molar-refractivity contribution in [3.63, 3.8) is 0 Å². The maximum Gasteiger partial charge on any atom is 0.338 e. The number of esters is 1. The van der Waals surface area contributed by atoms with E-state index in [0.29, 0.717) is 68.2 Å². The van der Waals surface area contributed by atoms with Crippen LogP contribution in [0.5, 0.6) is 5.75 Å². The maximum absolute atomic E-state index is 12.9. The highest BCUT2D eigenvalue weighted by atomic mass is 16.6. The number of hydrogen-bond donors (Lipinski definition) is 1. The zero-order valence-corrected chi connectivity index (χ0v) is 19.1. The Balaban J connectivity index is 1.83. The van der Waals surface area contributed by atoms with E-state index in [-0.39, 0.29) is 24.7 Å². The monoisotopic (exact) mass is 456 g/mol. The van der Waals surface area contributed by atoms with E-state index < -0.39 is 5.97 Å². The molecule has 0 saturated carbocycles. The first kappa shape index (κ1) is 24.5. The summed E-state index contributed by atoms with van der Waals surface area (Å²) >= 11 is 0. The van der Waals surface area contributed by atoms with E-state index in [0.717, 1.165) is 12.8 Å². The molecule has 8 nitrogen and oxygen atoms in total. The lowest BCUT2D eigenvalue weighted by molar-refractivity contribution is -0.140. The van der Waals surface area contributed by atoms with Gasteiger partial charge in [-0.15, -0.1) is 0 Å². The van der Waals surface area contributed by atoms with Gasteiger partial charge >= 0.3 is 5.97 Å². The van der Waals surface area contributed by atoms with Gasteiger partial charge in [-0.25, -0.2) is 4.79 Å². The highest BCUT2D eigenvalue weighted by molar-refractivity contribution is 6.00. The molecule has 1 amide bonds. The number of nitrogens with zero attached hydrogens (tertiary/aromatic N) is 2. The minimum absolute atomic E-state index is 0.0780. The Labute approximate surface area is 194 Å². The standard InChI is InChI=1S/C25H32N2O6/c1-2-19-16-22(28)17-20-15-21(26-33-18-23(29)27-10-13-31-14-11-27)9-7-5-3-4-6-8-12-32-25(30)24(19)20/h4,6-7,9,16-17,28H,2-3,5,8,10-15,18H2,1H3/b6-4+,9-7+,26-21-. The predicted octanol–water partition coefficient (Wildman–Crippen LogP) is 3.18. The van der Waals surface area contributed by atoms with E-state index >= 15 is 0 Å². The van der Waals surface area contributed by atoms with E-state index in [1.165, 1.54) is 0 Å². The van der Waals surface area contributed by atoms with Crippen molar-refractivity contribution in [3.8, 4) is 5.75 Å². The van der Waals surface area contributed by atoms with Crippen LogP contribution in [0.15, 0.2) is 41.6 Å². The number of cyclic esters (lactones) is 1. The molecule has 0 bridgehead atoms. The quantitative estimate of drug-likeness (QED) is 0.425. The second-order valence-corrected chi connectivity index (χ2v) is 7.89. The van der Waals surface area contributed by atoms with E-state index in [1.54, 1.807) is 17.0 Å². The van der Waals surface area contributed by atoms with Gasteiger partial charge < -0.3 is 24.3 Å². The van der Waals surface area contributed by atoms with Crippen LogP contribution >= 0.6 is 0 Å². The number of ether oxygens (including phenoxy) is 2. The lowest BCUT2D eigenvalue weighted by Gasteiger charge is -2.26. The fourth-order valence-electron chi connectivity index (χ4n) is 3.76. The molecule has 0 radical (unpaired) electrons. The predicted molar refractivity (Wildman–Crippen MR) is 124 cm³/mol. The molecule has 0 aliphatic carbocycles. The van der Waals surface area contributed by atoms with Gasteiger partial charge in [0.05, 0.1) is 31.1 Å². The zero-order chi connectivity index (χ0) is 23.5. The van der Waals surface area contributed by atoms with E-state index in [2.05, 4.69) is 11.2 Å².